The first-order valence-electron chi connectivity index (χ1n) is 6.10. The fourth-order valence-corrected chi connectivity index (χ4v) is 4.98. The average molecular weight is 269 g/mol. The van der Waals surface area contributed by atoms with Crippen LogP contribution in [-0.2, 0) is 6.42 Å². The Morgan fingerprint density at radius 2 is 2.24 bits per heavy atom. The molecule has 2 unspecified atom stereocenters. The molecule has 1 aliphatic heterocycles. The minimum atomic E-state index is 0.455. The van der Waals surface area contributed by atoms with Crippen LogP contribution in [0.4, 0.5) is 0 Å². The van der Waals surface area contributed by atoms with Gasteiger partial charge in [-0.05, 0) is 19.0 Å². The maximum absolute atomic E-state index is 5.57. The van der Waals surface area contributed by atoms with Crippen LogP contribution in [0.3, 0.4) is 0 Å². The maximum atomic E-state index is 5.57. The van der Waals surface area contributed by atoms with E-state index in [1.54, 1.807) is 0 Å². The van der Waals surface area contributed by atoms with Crippen molar-refractivity contribution in [1.29, 1.82) is 0 Å². The molecule has 1 aliphatic rings. The zero-order valence-corrected chi connectivity index (χ0v) is 11.8. The predicted molar refractivity (Wildman–Crippen MR) is 76.5 cm³/mol. The van der Waals surface area contributed by atoms with Crippen LogP contribution in [0.1, 0.15) is 30.1 Å². The van der Waals surface area contributed by atoms with E-state index in [1.165, 1.54) is 17.9 Å². The van der Waals surface area contributed by atoms with E-state index in [9.17, 15) is 0 Å². The van der Waals surface area contributed by atoms with Crippen LogP contribution < -0.4 is 5.73 Å². The van der Waals surface area contributed by atoms with Crippen molar-refractivity contribution in [3.05, 3.63) is 23.8 Å². The largest absolute Gasteiger partial charge is 0.330 e. The van der Waals surface area contributed by atoms with E-state index in [0.29, 0.717) is 17.0 Å². The Kier molecular flexibility index (Phi) is 5.13. The summed E-state index contributed by atoms with van der Waals surface area (Å²) >= 11 is 4.06. The third-order valence-electron chi connectivity index (χ3n) is 2.84. The molecule has 2 rings (SSSR count). The van der Waals surface area contributed by atoms with Crippen LogP contribution in [-0.4, -0.2) is 33.3 Å². The van der Waals surface area contributed by atoms with Gasteiger partial charge in [-0.25, -0.2) is 9.97 Å². The van der Waals surface area contributed by atoms with Gasteiger partial charge in [-0.3, -0.25) is 0 Å². The molecular weight excluding hydrogens is 250 g/mol. The van der Waals surface area contributed by atoms with Gasteiger partial charge in [-0.2, -0.15) is 11.8 Å². The molecule has 1 saturated heterocycles. The highest BCUT2D eigenvalue weighted by atomic mass is 32.2. The normalized spacial score (nSPS) is 24.8. The van der Waals surface area contributed by atoms with E-state index in [4.69, 9.17) is 5.73 Å². The molecule has 1 aromatic rings. The van der Waals surface area contributed by atoms with Gasteiger partial charge in [0.05, 0.1) is 5.25 Å². The number of thioether (sulfide) groups is 2. The minimum absolute atomic E-state index is 0.455. The molecule has 0 bridgehead atoms. The minimum Gasteiger partial charge on any atom is -0.330 e. The molecule has 1 fully saturated rings. The van der Waals surface area contributed by atoms with Gasteiger partial charge in [-0.1, -0.05) is 6.92 Å². The van der Waals surface area contributed by atoms with Crippen LogP contribution >= 0.6 is 23.5 Å². The molecular formula is C12H19N3S2. The Hall–Kier alpha value is -0.260. The monoisotopic (exact) mass is 269 g/mol. The van der Waals surface area contributed by atoms with Crippen LogP contribution in [0.2, 0.25) is 0 Å². The van der Waals surface area contributed by atoms with Crippen LogP contribution in [0.5, 0.6) is 0 Å². The zero-order chi connectivity index (χ0) is 12.1. The SMILES string of the molecule is CCC1SCCSC1c1nccc(CCN)n1. The van der Waals surface area contributed by atoms with Crippen molar-refractivity contribution >= 4 is 23.5 Å². The Morgan fingerprint density at radius 3 is 3.00 bits per heavy atom. The number of hydrogen-bond donors (Lipinski definition) is 1. The zero-order valence-electron chi connectivity index (χ0n) is 10.1. The molecule has 0 saturated carbocycles. The third-order valence-corrected chi connectivity index (χ3v) is 6.08. The molecule has 0 spiro atoms. The van der Waals surface area contributed by atoms with Crippen LogP contribution in [0.25, 0.3) is 0 Å². The van der Waals surface area contributed by atoms with Crippen LogP contribution in [0, 0.1) is 0 Å². The lowest BCUT2D eigenvalue weighted by molar-refractivity contribution is 0.738. The highest BCUT2D eigenvalue weighted by Crippen LogP contribution is 2.42. The summed E-state index contributed by atoms with van der Waals surface area (Å²) in [5.41, 5.74) is 6.65. The summed E-state index contributed by atoms with van der Waals surface area (Å²) in [5.74, 6) is 3.46. The van der Waals surface area contributed by atoms with Gasteiger partial charge in [0.15, 0.2) is 0 Å². The summed E-state index contributed by atoms with van der Waals surface area (Å²) in [5, 5.41) is 1.11. The lowest BCUT2D eigenvalue weighted by Gasteiger charge is -2.28. The van der Waals surface area contributed by atoms with Crippen molar-refractivity contribution in [3.8, 4) is 0 Å². The van der Waals surface area contributed by atoms with E-state index >= 15 is 0 Å². The molecule has 2 N–H and O–H groups in total. The second-order valence-electron chi connectivity index (χ2n) is 4.05. The Morgan fingerprint density at radius 1 is 1.41 bits per heavy atom. The van der Waals surface area contributed by atoms with E-state index < -0.39 is 0 Å². The highest BCUT2D eigenvalue weighted by Gasteiger charge is 2.28. The number of nitrogens with zero attached hydrogens (tertiary/aromatic N) is 2. The lowest BCUT2D eigenvalue weighted by Crippen LogP contribution is -2.21. The van der Waals surface area contributed by atoms with Gasteiger partial charge in [0, 0.05) is 35.1 Å². The molecule has 0 aliphatic carbocycles. The summed E-state index contributed by atoms with van der Waals surface area (Å²) in [4.78, 5) is 9.12. The molecule has 0 aromatic carbocycles. The van der Waals surface area contributed by atoms with E-state index in [-0.39, 0.29) is 0 Å². The molecule has 2 heterocycles. The maximum Gasteiger partial charge on any atom is 0.142 e. The van der Waals surface area contributed by atoms with Crippen molar-refractivity contribution in [2.75, 3.05) is 18.1 Å². The molecule has 94 valence electrons. The summed E-state index contributed by atoms with van der Waals surface area (Å²) in [6, 6.07) is 1.97. The molecule has 17 heavy (non-hydrogen) atoms. The third kappa shape index (κ3) is 3.36. The Bertz CT molecular complexity index is 359. The van der Waals surface area contributed by atoms with Crippen molar-refractivity contribution < 1.29 is 0 Å². The number of nitrogens with two attached hydrogens (primary N) is 1. The summed E-state index contributed by atoms with van der Waals surface area (Å²) in [6.45, 7) is 2.90. The fraction of sp³-hybridized carbons (Fsp3) is 0.667. The molecule has 0 amide bonds. The predicted octanol–water partition coefficient (Wildman–Crippen LogP) is 2.28. The van der Waals surface area contributed by atoms with Gasteiger partial charge in [0.25, 0.3) is 0 Å². The van der Waals surface area contributed by atoms with E-state index in [1.807, 2.05) is 24.0 Å². The molecule has 2 atom stereocenters. The number of hydrogen-bond acceptors (Lipinski definition) is 5. The standard InChI is InChI=1S/C12H19N3S2/c1-2-10-11(17-8-7-16-10)12-14-6-4-9(15-12)3-5-13/h4,6,10-11H,2-3,5,7-8,13H2,1H3. The highest BCUT2D eigenvalue weighted by molar-refractivity contribution is 8.06. The van der Waals surface area contributed by atoms with Crippen molar-refractivity contribution in [3.63, 3.8) is 0 Å². The quantitative estimate of drug-likeness (QED) is 0.909. The van der Waals surface area contributed by atoms with Gasteiger partial charge < -0.3 is 5.73 Å². The first kappa shape index (κ1) is 13.2. The van der Waals surface area contributed by atoms with Crippen LogP contribution in [0.15, 0.2) is 12.3 Å². The van der Waals surface area contributed by atoms with Gasteiger partial charge in [-0.15, -0.1) is 11.8 Å². The Balaban J connectivity index is 2.16. The van der Waals surface area contributed by atoms with E-state index in [2.05, 4.69) is 28.7 Å². The first-order chi connectivity index (χ1) is 8.35. The molecule has 0 radical (unpaired) electrons. The van der Waals surface area contributed by atoms with Crippen molar-refractivity contribution in [1.82, 2.24) is 9.97 Å². The topological polar surface area (TPSA) is 51.8 Å². The number of rotatable bonds is 4. The molecule has 3 nitrogen and oxygen atoms in total. The second kappa shape index (κ2) is 6.61. The molecule has 5 heteroatoms. The van der Waals surface area contributed by atoms with Crippen molar-refractivity contribution in [2.24, 2.45) is 5.73 Å². The fourth-order valence-electron chi connectivity index (χ4n) is 1.98. The second-order valence-corrected chi connectivity index (χ2v) is 6.65. The van der Waals surface area contributed by atoms with Crippen molar-refractivity contribution in [2.45, 2.75) is 30.3 Å². The summed E-state index contributed by atoms with van der Waals surface area (Å²) in [7, 11) is 0. The first-order valence-corrected chi connectivity index (χ1v) is 8.20. The van der Waals surface area contributed by atoms with Gasteiger partial charge >= 0.3 is 0 Å². The average Bonchev–Trinajstić information content (AvgIpc) is 2.39. The summed E-state index contributed by atoms with van der Waals surface area (Å²) in [6.07, 6.45) is 3.91. The van der Waals surface area contributed by atoms with E-state index in [0.717, 1.165) is 17.9 Å². The summed E-state index contributed by atoms with van der Waals surface area (Å²) < 4.78 is 0. The molecule has 1 aromatic heterocycles. The smallest absolute Gasteiger partial charge is 0.142 e. The van der Waals surface area contributed by atoms with Gasteiger partial charge in [0.1, 0.15) is 5.82 Å². The van der Waals surface area contributed by atoms with Gasteiger partial charge in [0.2, 0.25) is 0 Å². The lowest BCUT2D eigenvalue weighted by atomic mass is 10.2. The Labute approximate surface area is 111 Å². The number of aromatic nitrogens is 2.